The predicted molar refractivity (Wildman–Crippen MR) is 48.4 cm³/mol. The predicted octanol–water partition coefficient (Wildman–Crippen LogP) is 1.61. The Hall–Kier alpha value is -0.830. The van der Waals surface area contributed by atoms with E-state index in [0.717, 1.165) is 5.57 Å². The summed E-state index contributed by atoms with van der Waals surface area (Å²) in [5.41, 5.74) is 1.01. The van der Waals surface area contributed by atoms with E-state index in [9.17, 15) is 4.79 Å². The fraction of sp³-hybridized carbons (Fsp3) is 0.667. The highest BCUT2D eigenvalue weighted by Gasteiger charge is 2.16. The van der Waals surface area contributed by atoms with Gasteiger partial charge >= 0.3 is 0 Å². The van der Waals surface area contributed by atoms with Crippen molar-refractivity contribution in [2.75, 3.05) is 14.2 Å². The summed E-state index contributed by atoms with van der Waals surface area (Å²) in [6, 6.07) is 0. The van der Waals surface area contributed by atoms with Crippen LogP contribution in [0.15, 0.2) is 12.2 Å². The standard InChI is InChI=1S/C9H17NO2/c1-7(2)6-8(3)9(11)10(4)12-5/h8H,1,6H2,2-5H3. The number of rotatable bonds is 4. The lowest BCUT2D eigenvalue weighted by Crippen LogP contribution is -2.30. The number of hydrogen-bond donors (Lipinski definition) is 0. The van der Waals surface area contributed by atoms with Gasteiger partial charge in [0, 0.05) is 13.0 Å². The van der Waals surface area contributed by atoms with Crippen molar-refractivity contribution in [3.63, 3.8) is 0 Å². The first-order chi connectivity index (χ1) is 5.49. The Morgan fingerprint density at radius 3 is 2.50 bits per heavy atom. The molecule has 0 spiro atoms. The van der Waals surface area contributed by atoms with Crippen LogP contribution in [0.25, 0.3) is 0 Å². The van der Waals surface area contributed by atoms with Crippen LogP contribution in [0.5, 0.6) is 0 Å². The van der Waals surface area contributed by atoms with Crippen molar-refractivity contribution >= 4 is 5.91 Å². The minimum Gasteiger partial charge on any atom is -0.275 e. The Labute approximate surface area is 74.0 Å². The van der Waals surface area contributed by atoms with Gasteiger partial charge in [-0.05, 0) is 13.3 Å². The van der Waals surface area contributed by atoms with Gasteiger partial charge in [-0.15, -0.1) is 6.58 Å². The van der Waals surface area contributed by atoms with Crippen LogP contribution in [0.4, 0.5) is 0 Å². The molecule has 1 atom stereocenters. The van der Waals surface area contributed by atoms with Gasteiger partial charge in [-0.3, -0.25) is 9.63 Å². The number of allylic oxidation sites excluding steroid dienone is 1. The number of amides is 1. The first-order valence-corrected chi connectivity index (χ1v) is 3.95. The third-order valence-electron chi connectivity index (χ3n) is 1.66. The quantitative estimate of drug-likeness (QED) is 0.475. The Morgan fingerprint density at radius 2 is 2.17 bits per heavy atom. The second-order valence-electron chi connectivity index (χ2n) is 3.08. The number of carbonyl (C=O) groups excluding carboxylic acids is 1. The van der Waals surface area contributed by atoms with Crippen molar-refractivity contribution in [1.82, 2.24) is 5.06 Å². The molecule has 0 radical (unpaired) electrons. The van der Waals surface area contributed by atoms with Crippen molar-refractivity contribution in [3.05, 3.63) is 12.2 Å². The lowest BCUT2D eigenvalue weighted by atomic mass is 10.0. The van der Waals surface area contributed by atoms with E-state index in [4.69, 9.17) is 4.84 Å². The molecule has 0 aromatic rings. The first-order valence-electron chi connectivity index (χ1n) is 3.95. The zero-order chi connectivity index (χ0) is 9.72. The monoisotopic (exact) mass is 171 g/mol. The first kappa shape index (κ1) is 11.2. The largest absolute Gasteiger partial charge is 0.275 e. The summed E-state index contributed by atoms with van der Waals surface area (Å²) in [7, 11) is 3.09. The van der Waals surface area contributed by atoms with Crippen LogP contribution in [-0.2, 0) is 9.63 Å². The molecule has 0 heterocycles. The molecule has 12 heavy (non-hydrogen) atoms. The number of carbonyl (C=O) groups is 1. The van der Waals surface area contributed by atoms with E-state index in [1.165, 1.54) is 12.2 Å². The Bertz CT molecular complexity index is 177. The zero-order valence-electron chi connectivity index (χ0n) is 8.26. The van der Waals surface area contributed by atoms with E-state index in [1.54, 1.807) is 7.05 Å². The van der Waals surface area contributed by atoms with E-state index >= 15 is 0 Å². The SMILES string of the molecule is C=C(C)CC(C)C(=O)N(C)OC. The van der Waals surface area contributed by atoms with E-state index in [-0.39, 0.29) is 11.8 Å². The minimum atomic E-state index is -0.0487. The smallest absolute Gasteiger partial charge is 0.248 e. The van der Waals surface area contributed by atoms with Crippen molar-refractivity contribution in [2.45, 2.75) is 20.3 Å². The molecule has 0 fully saturated rings. The topological polar surface area (TPSA) is 29.5 Å². The highest BCUT2D eigenvalue weighted by atomic mass is 16.7. The van der Waals surface area contributed by atoms with Gasteiger partial charge in [0.25, 0.3) is 0 Å². The summed E-state index contributed by atoms with van der Waals surface area (Å²) < 4.78 is 0. The average Bonchev–Trinajstić information content (AvgIpc) is 2.00. The summed E-state index contributed by atoms with van der Waals surface area (Å²) in [5.74, 6) is -0.0621. The van der Waals surface area contributed by atoms with Crippen LogP contribution in [0, 0.1) is 5.92 Å². The molecule has 0 aliphatic heterocycles. The summed E-state index contributed by atoms with van der Waals surface area (Å²) in [6.07, 6.45) is 0.715. The molecular weight excluding hydrogens is 154 g/mol. The van der Waals surface area contributed by atoms with Gasteiger partial charge in [-0.2, -0.15) is 0 Å². The van der Waals surface area contributed by atoms with E-state index in [0.29, 0.717) is 6.42 Å². The summed E-state index contributed by atoms with van der Waals surface area (Å²) in [6.45, 7) is 7.53. The molecule has 0 aromatic heterocycles. The maximum absolute atomic E-state index is 11.4. The average molecular weight is 171 g/mol. The van der Waals surface area contributed by atoms with Crippen molar-refractivity contribution in [1.29, 1.82) is 0 Å². The second kappa shape index (κ2) is 4.93. The molecule has 0 saturated heterocycles. The molecule has 0 aromatic carbocycles. The van der Waals surface area contributed by atoms with E-state index in [1.807, 2.05) is 13.8 Å². The zero-order valence-corrected chi connectivity index (χ0v) is 8.26. The molecule has 0 saturated carbocycles. The Morgan fingerprint density at radius 1 is 1.67 bits per heavy atom. The normalized spacial score (nSPS) is 12.3. The molecule has 1 amide bonds. The molecule has 1 unspecified atom stereocenters. The van der Waals surface area contributed by atoms with Gasteiger partial charge in [0.05, 0.1) is 7.11 Å². The molecule has 3 heteroatoms. The highest BCUT2D eigenvalue weighted by Crippen LogP contribution is 2.11. The Kier molecular flexibility index (Phi) is 4.59. The molecule has 0 rings (SSSR count). The molecule has 0 aliphatic carbocycles. The lowest BCUT2D eigenvalue weighted by molar-refractivity contribution is -0.172. The number of hydroxylamine groups is 2. The fourth-order valence-corrected chi connectivity index (χ4v) is 1.01. The van der Waals surface area contributed by atoms with Crippen molar-refractivity contribution < 1.29 is 9.63 Å². The minimum absolute atomic E-state index is 0.0134. The van der Waals surface area contributed by atoms with Gasteiger partial charge in [0.15, 0.2) is 0 Å². The van der Waals surface area contributed by atoms with Gasteiger partial charge in [0.1, 0.15) is 0 Å². The summed E-state index contributed by atoms with van der Waals surface area (Å²) in [5, 5.41) is 1.24. The lowest BCUT2D eigenvalue weighted by Gasteiger charge is -2.18. The van der Waals surface area contributed by atoms with Crippen LogP contribution < -0.4 is 0 Å². The van der Waals surface area contributed by atoms with Crippen LogP contribution in [-0.4, -0.2) is 25.1 Å². The number of hydrogen-bond acceptors (Lipinski definition) is 2. The molecule has 70 valence electrons. The summed E-state index contributed by atoms with van der Waals surface area (Å²) in [4.78, 5) is 16.1. The van der Waals surface area contributed by atoms with Gasteiger partial charge in [-0.1, -0.05) is 12.5 Å². The molecular formula is C9H17NO2. The van der Waals surface area contributed by atoms with Crippen molar-refractivity contribution in [2.24, 2.45) is 5.92 Å². The number of nitrogens with zero attached hydrogens (tertiary/aromatic N) is 1. The molecule has 0 N–H and O–H groups in total. The van der Waals surface area contributed by atoms with Gasteiger partial charge in [0.2, 0.25) is 5.91 Å². The highest BCUT2D eigenvalue weighted by molar-refractivity contribution is 5.77. The van der Waals surface area contributed by atoms with Crippen LogP contribution in [0.3, 0.4) is 0 Å². The van der Waals surface area contributed by atoms with Crippen LogP contribution in [0.2, 0.25) is 0 Å². The second-order valence-corrected chi connectivity index (χ2v) is 3.08. The third-order valence-corrected chi connectivity index (χ3v) is 1.66. The van der Waals surface area contributed by atoms with Crippen LogP contribution in [0.1, 0.15) is 20.3 Å². The van der Waals surface area contributed by atoms with E-state index in [2.05, 4.69) is 6.58 Å². The molecule has 0 bridgehead atoms. The summed E-state index contributed by atoms with van der Waals surface area (Å²) >= 11 is 0. The molecule has 3 nitrogen and oxygen atoms in total. The maximum atomic E-state index is 11.4. The van der Waals surface area contributed by atoms with Gasteiger partial charge in [-0.25, -0.2) is 5.06 Å². The fourth-order valence-electron chi connectivity index (χ4n) is 1.01. The Balaban J connectivity index is 4.01. The third kappa shape index (κ3) is 3.53. The van der Waals surface area contributed by atoms with E-state index < -0.39 is 0 Å². The maximum Gasteiger partial charge on any atom is 0.248 e. The molecule has 0 aliphatic rings. The van der Waals surface area contributed by atoms with Gasteiger partial charge < -0.3 is 0 Å². The van der Waals surface area contributed by atoms with Crippen LogP contribution >= 0.6 is 0 Å². The van der Waals surface area contributed by atoms with Crippen molar-refractivity contribution in [3.8, 4) is 0 Å².